The minimum absolute atomic E-state index is 0.0341. The van der Waals surface area contributed by atoms with Gasteiger partial charge in [-0.25, -0.2) is 33.7 Å². The molecule has 7 N–H and O–H groups in total. The smallest absolute Gasteiger partial charge is 0.231 e. The van der Waals surface area contributed by atoms with E-state index in [1.54, 1.807) is 54.2 Å². The van der Waals surface area contributed by atoms with Crippen LogP contribution >= 0.6 is 58.8 Å². The van der Waals surface area contributed by atoms with E-state index in [9.17, 15) is 42.1 Å². The summed E-state index contributed by atoms with van der Waals surface area (Å²) in [5.74, 6) is 8.62. The van der Waals surface area contributed by atoms with E-state index >= 15 is 0 Å². The topological polar surface area (TPSA) is 310 Å². The highest BCUT2D eigenvalue weighted by Gasteiger charge is 2.38. The highest BCUT2D eigenvalue weighted by molar-refractivity contribution is 8.18. The fraction of sp³-hybridized carbons (Fsp3) is 0.172. The van der Waals surface area contributed by atoms with E-state index in [4.69, 9.17) is 28.4 Å². The van der Waals surface area contributed by atoms with Gasteiger partial charge in [0, 0.05) is 68.0 Å². The lowest BCUT2D eigenvalue weighted by Gasteiger charge is -2.18. The normalized spacial score (nSPS) is 17.6. The first kappa shape index (κ1) is 88.7. The van der Waals surface area contributed by atoms with Crippen LogP contribution in [0.4, 0.5) is 39.8 Å². The summed E-state index contributed by atoms with van der Waals surface area (Å²) in [7, 11) is -15.1. The number of anilines is 7. The summed E-state index contributed by atoms with van der Waals surface area (Å²) in [6.07, 6.45) is 0. The van der Waals surface area contributed by atoms with Gasteiger partial charge in [-0.2, -0.15) is 0 Å². The molecule has 0 saturated heterocycles. The van der Waals surface area contributed by atoms with Gasteiger partial charge in [-0.05, 0) is 146 Å². The number of hydrogen-bond acceptors (Lipinski definition) is 28. The highest BCUT2D eigenvalue weighted by Crippen LogP contribution is 2.42. The van der Waals surface area contributed by atoms with E-state index in [2.05, 4.69) is 128 Å². The fourth-order valence-corrected chi connectivity index (χ4v) is 26.3. The summed E-state index contributed by atoms with van der Waals surface area (Å²) >= 11 is 9.39. The number of benzene rings is 12. The predicted octanol–water partition coefficient (Wildman–Crippen LogP) is 17.9. The van der Waals surface area contributed by atoms with Crippen molar-refractivity contribution in [1.29, 1.82) is 0 Å². The molecular formula is C87H85N7O16S11. The highest BCUT2D eigenvalue weighted by atomic mass is 32.3. The maximum absolute atomic E-state index is 11.3. The fourth-order valence-electron chi connectivity index (χ4n) is 12.3. The Hall–Kier alpha value is -10.1. The molecule has 12 aromatic rings. The third-order valence-electron chi connectivity index (χ3n) is 18.0. The molecule has 23 nitrogen and oxygen atoms in total. The third kappa shape index (κ3) is 24.8. The van der Waals surface area contributed by atoms with Crippen LogP contribution in [-0.4, -0.2) is 133 Å². The number of rotatable bonds is 0. The Morgan fingerprint density at radius 3 is 1.32 bits per heavy atom. The molecule has 12 aliphatic rings. The van der Waals surface area contributed by atoms with Gasteiger partial charge in [0.1, 0.15) is 46.3 Å². The molecule has 0 spiro atoms. The van der Waals surface area contributed by atoms with E-state index in [-0.39, 0.29) is 21.6 Å². The molecule has 0 bridgehead atoms. The Labute approximate surface area is 731 Å². The van der Waals surface area contributed by atoms with Crippen LogP contribution in [-0.2, 0) is 60.9 Å². The molecule has 12 aliphatic heterocycles. The van der Waals surface area contributed by atoms with Gasteiger partial charge >= 0.3 is 0 Å². The van der Waals surface area contributed by atoms with Crippen molar-refractivity contribution >= 4 is 160 Å². The molecule has 0 saturated carbocycles. The number of thioether (sulfide) groups is 5. The molecule has 630 valence electrons. The van der Waals surface area contributed by atoms with Gasteiger partial charge in [0.05, 0.1) is 91.2 Å². The van der Waals surface area contributed by atoms with Crippen LogP contribution in [0.15, 0.2) is 345 Å². The van der Waals surface area contributed by atoms with E-state index in [1.165, 1.54) is 82.3 Å². The second kappa shape index (κ2) is 43.6. The maximum Gasteiger partial charge on any atom is 0.231 e. The minimum atomic E-state index is -3.60. The van der Waals surface area contributed by atoms with Crippen molar-refractivity contribution in [2.75, 3.05) is 128 Å². The van der Waals surface area contributed by atoms with E-state index < -0.39 is 66.0 Å². The first-order valence-electron chi connectivity index (χ1n) is 37.7. The number of fused-ring (bicyclic) bond motifs is 12. The van der Waals surface area contributed by atoms with E-state index in [0.29, 0.717) is 39.8 Å². The molecule has 0 aliphatic carbocycles. The lowest BCUT2D eigenvalue weighted by molar-refractivity contribution is 0.174. The SMILES string of the molecule is O=S1(=O)CNc2ccccc21.O=S1(=O)COc2ccccc21.O=S1(=O)CS(=O)(=O)c2ccccc21.O=S1CNc2ccccc21.O=S1COc2ccccc21.c1ccc2c(c1)NCCN2.c1ccc2c(c1)NCCO2.c1ccc2c(c1)NCCS2.c1ccc2c(c1)NCS2.c1ccc2c(c1)OCO2.c1ccc2c(c1)OCS2.c1ccc2c(c1)SCS2. The molecule has 34 heteroatoms. The Morgan fingerprint density at radius 2 is 0.752 bits per heavy atom. The van der Waals surface area contributed by atoms with Gasteiger partial charge in [0.15, 0.2) is 58.0 Å². The van der Waals surface area contributed by atoms with Gasteiger partial charge in [0.2, 0.25) is 16.6 Å². The number of sulfone groups is 4. The lowest BCUT2D eigenvalue weighted by Crippen LogP contribution is -2.19. The minimum Gasteiger partial charge on any atom is -0.490 e. The van der Waals surface area contributed by atoms with Crippen LogP contribution in [0.2, 0.25) is 0 Å². The van der Waals surface area contributed by atoms with Crippen molar-refractivity contribution in [3.8, 4) is 34.5 Å². The monoisotopic (exact) mass is 1840 g/mol. The maximum atomic E-state index is 11.3. The first-order valence-corrected chi connectivity index (χ1v) is 51.9. The van der Waals surface area contributed by atoms with Crippen molar-refractivity contribution in [3.63, 3.8) is 0 Å². The second-order valence-electron chi connectivity index (χ2n) is 26.2. The van der Waals surface area contributed by atoms with Crippen molar-refractivity contribution in [3.05, 3.63) is 291 Å². The molecule has 12 aromatic carbocycles. The molecular weight excluding hydrogens is 1750 g/mol. The van der Waals surface area contributed by atoms with Gasteiger partial charge in [-0.3, -0.25) is 8.42 Å². The Balaban J connectivity index is 0.000000114. The Morgan fingerprint density at radius 1 is 0.289 bits per heavy atom. The quantitative estimate of drug-likeness (QED) is 0.0742. The van der Waals surface area contributed by atoms with Crippen LogP contribution in [0.3, 0.4) is 0 Å². The number of hydrogen-bond donors (Lipinski definition) is 7. The zero-order valence-corrected chi connectivity index (χ0v) is 73.8. The zero-order chi connectivity index (χ0) is 84.3. The average molecular weight is 1840 g/mol. The van der Waals surface area contributed by atoms with Crippen LogP contribution in [0.25, 0.3) is 0 Å². The first-order chi connectivity index (χ1) is 58.9. The summed E-state index contributed by atoms with van der Waals surface area (Å²) in [6, 6.07) is 91.6. The van der Waals surface area contributed by atoms with Crippen molar-refractivity contribution in [2.24, 2.45) is 0 Å². The largest absolute Gasteiger partial charge is 0.490 e. The summed E-state index contributed by atoms with van der Waals surface area (Å²) in [6.45, 7) is 5.20. The Bertz CT molecular complexity index is 5410. The molecule has 121 heavy (non-hydrogen) atoms. The number of ether oxygens (including phenoxy) is 6. The zero-order valence-electron chi connectivity index (χ0n) is 64.8. The average Bonchev–Trinajstić information content (AvgIpc) is 1.60. The lowest BCUT2D eigenvalue weighted by atomic mass is 10.2. The van der Waals surface area contributed by atoms with Crippen LogP contribution in [0.1, 0.15) is 0 Å². The summed E-state index contributed by atoms with van der Waals surface area (Å²) in [4.78, 5) is 9.24. The van der Waals surface area contributed by atoms with E-state index in [0.717, 1.165) is 94.5 Å². The second-order valence-corrected chi connectivity index (χ2v) is 42.7. The molecule has 2 atom stereocenters. The van der Waals surface area contributed by atoms with Crippen molar-refractivity contribution < 1.29 is 70.5 Å². The van der Waals surface area contributed by atoms with Crippen molar-refractivity contribution in [1.82, 2.24) is 0 Å². The third-order valence-corrected chi connectivity index (χ3v) is 33.4. The standard InChI is InChI=1S/C8H10N2.C8H9NO.C8H9NS.C7H7NO2S.C7H7NOS.C7H7NS.C7H6O4S2.C7H6O3S.C7H6O2S.C7H6O2.C7H6OS.C7H6S2/c3*1-2-4-8-7(3-1)9-5-6-10-8;9-11(10)5-8-6-3-1-2-4-7(6)11;9-10-5-8-6-3-1-2-4-7(6)10;1-2-4-7-6(3-1)8-5-9-7;8-12(9)5-13(10,11)7-4-2-1-3-6(7)12;8-11(9)5-10-6-3-1-2-4-7(6)11;8-10-5-9-6-3-1-2-4-7(6)10;3*1-2-4-7-6(3-1)8-5-9-7/h1-4,9-10H,5-6H2;2*1-4,9H,5-6H2;1-4,8H,5H2;1-4,8H,5H2;1-4,8H,5H2;1-4H,5H2;1-4H,5H2;1-4H,5H2;3*1-4H,5H2. The van der Waals surface area contributed by atoms with Gasteiger partial charge in [0.25, 0.3) is 0 Å². The molecule has 24 rings (SSSR count). The number of nitrogens with one attached hydrogen (secondary N) is 7. The van der Waals surface area contributed by atoms with Gasteiger partial charge < -0.3 is 65.6 Å². The molecule has 2 unspecified atom stereocenters. The van der Waals surface area contributed by atoms with Crippen LogP contribution < -0.4 is 65.6 Å². The predicted molar refractivity (Wildman–Crippen MR) is 490 cm³/mol. The van der Waals surface area contributed by atoms with E-state index in [1.807, 2.05) is 181 Å². The Kier molecular flexibility index (Phi) is 31.9. The molecule has 12 heterocycles. The molecule has 0 fully saturated rings. The molecule has 0 radical (unpaired) electrons. The van der Waals surface area contributed by atoms with Crippen LogP contribution in [0.5, 0.6) is 34.5 Å². The van der Waals surface area contributed by atoms with Gasteiger partial charge in [-0.1, -0.05) is 157 Å². The summed E-state index contributed by atoms with van der Waals surface area (Å²) < 4.78 is 143. The molecule has 0 aromatic heterocycles. The van der Waals surface area contributed by atoms with Crippen LogP contribution in [0, 0.1) is 0 Å². The summed E-state index contributed by atoms with van der Waals surface area (Å²) in [5.41, 5.74) is 7.84. The van der Waals surface area contributed by atoms with Gasteiger partial charge in [-0.15, -0.1) is 47.0 Å². The number of para-hydroxylation sites is 13. The molecule has 0 amide bonds. The van der Waals surface area contributed by atoms with Crippen molar-refractivity contribution in [2.45, 2.75) is 53.9 Å². The summed E-state index contributed by atoms with van der Waals surface area (Å²) in [5, 5.41) is 22.7.